The number of nitrogens with one attached hydrogen (secondary N) is 1. The summed E-state index contributed by atoms with van der Waals surface area (Å²) in [5.41, 5.74) is 0.354. The SMILES string of the molecule is N#CCCC(=O)NCCc1ccc(F)cc1F. The van der Waals surface area contributed by atoms with Crippen molar-refractivity contribution >= 4 is 5.91 Å². The van der Waals surface area contributed by atoms with Crippen LogP contribution in [0.1, 0.15) is 18.4 Å². The Labute approximate surface area is 98.1 Å². The maximum absolute atomic E-state index is 13.2. The van der Waals surface area contributed by atoms with E-state index in [2.05, 4.69) is 5.32 Å². The van der Waals surface area contributed by atoms with Gasteiger partial charge in [-0.1, -0.05) is 6.07 Å². The van der Waals surface area contributed by atoms with Crippen molar-refractivity contribution in [2.45, 2.75) is 19.3 Å². The minimum Gasteiger partial charge on any atom is -0.356 e. The number of halogens is 2. The van der Waals surface area contributed by atoms with Crippen molar-refractivity contribution in [2.75, 3.05) is 6.54 Å². The van der Waals surface area contributed by atoms with E-state index in [1.807, 2.05) is 6.07 Å². The predicted octanol–water partition coefficient (Wildman–Crippen LogP) is 1.93. The van der Waals surface area contributed by atoms with Crippen molar-refractivity contribution in [3.05, 3.63) is 35.4 Å². The Kier molecular flexibility index (Phi) is 5.08. The van der Waals surface area contributed by atoms with E-state index < -0.39 is 11.6 Å². The first kappa shape index (κ1) is 13.1. The fraction of sp³-hybridized carbons (Fsp3) is 0.333. The van der Waals surface area contributed by atoms with Crippen LogP contribution in [0.2, 0.25) is 0 Å². The molecule has 1 rings (SSSR count). The van der Waals surface area contributed by atoms with Gasteiger partial charge in [0.1, 0.15) is 11.6 Å². The molecule has 0 heterocycles. The van der Waals surface area contributed by atoms with Crippen molar-refractivity contribution in [3.63, 3.8) is 0 Å². The highest BCUT2D eigenvalue weighted by Crippen LogP contribution is 2.09. The summed E-state index contributed by atoms with van der Waals surface area (Å²) < 4.78 is 25.8. The summed E-state index contributed by atoms with van der Waals surface area (Å²) in [4.78, 5) is 11.1. The molecule has 0 saturated carbocycles. The molecule has 1 aromatic carbocycles. The van der Waals surface area contributed by atoms with Crippen molar-refractivity contribution < 1.29 is 13.6 Å². The summed E-state index contributed by atoms with van der Waals surface area (Å²) >= 11 is 0. The van der Waals surface area contributed by atoms with E-state index in [1.165, 1.54) is 12.1 Å². The van der Waals surface area contributed by atoms with Gasteiger partial charge in [-0.3, -0.25) is 4.79 Å². The first-order valence-corrected chi connectivity index (χ1v) is 5.21. The Morgan fingerprint density at radius 3 is 2.82 bits per heavy atom. The molecule has 5 heteroatoms. The van der Waals surface area contributed by atoms with E-state index >= 15 is 0 Å². The van der Waals surface area contributed by atoms with Crippen LogP contribution in [0.5, 0.6) is 0 Å². The van der Waals surface area contributed by atoms with E-state index in [0.29, 0.717) is 12.0 Å². The standard InChI is InChI=1S/C12H12F2N2O/c13-10-4-3-9(11(14)8-10)5-7-16-12(17)2-1-6-15/h3-4,8H,1-2,5,7H2,(H,16,17). The second-order valence-corrected chi connectivity index (χ2v) is 3.49. The monoisotopic (exact) mass is 238 g/mol. The minimum atomic E-state index is -0.621. The zero-order valence-electron chi connectivity index (χ0n) is 9.17. The second-order valence-electron chi connectivity index (χ2n) is 3.49. The van der Waals surface area contributed by atoms with Crippen LogP contribution in [-0.4, -0.2) is 12.5 Å². The van der Waals surface area contributed by atoms with Gasteiger partial charge in [0.2, 0.25) is 5.91 Å². The fourth-order valence-electron chi connectivity index (χ4n) is 1.32. The first-order chi connectivity index (χ1) is 8.13. The molecule has 1 amide bonds. The molecule has 3 nitrogen and oxygen atoms in total. The Morgan fingerprint density at radius 1 is 1.41 bits per heavy atom. The van der Waals surface area contributed by atoms with Crippen LogP contribution < -0.4 is 5.32 Å². The van der Waals surface area contributed by atoms with E-state index in [1.54, 1.807) is 0 Å². The zero-order valence-corrected chi connectivity index (χ0v) is 9.17. The number of hydrogen-bond acceptors (Lipinski definition) is 2. The van der Waals surface area contributed by atoms with E-state index in [4.69, 9.17) is 5.26 Å². The summed E-state index contributed by atoms with van der Waals surface area (Å²) in [6.45, 7) is 0.271. The predicted molar refractivity (Wildman–Crippen MR) is 57.9 cm³/mol. The maximum Gasteiger partial charge on any atom is 0.221 e. The maximum atomic E-state index is 13.2. The van der Waals surface area contributed by atoms with Gasteiger partial charge in [-0.05, 0) is 18.1 Å². The van der Waals surface area contributed by atoms with Gasteiger partial charge >= 0.3 is 0 Å². The van der Waals surface area contributed by atoms with Gasteiger partial charge in [-0.25, -0.2) is 8.78 Å². The molecule has 90 valence electrons. The molecule has 0 aliphatic heterocycles. The van der Waals surface area contributed by atoms with Crippen LogP contribution in [0.15, 0.2) is 18.2 Å². The number of hydrogen-bond donors (Lipinski definition) is 1. The summed E-state index contributed by atoms with van der Waals surface area (Å²) in [5.74, 6) is -1.48. The molecule has 1 aromatic rings. The summed E-state index contributed by atoms with van der Waals surface area (Å²) in [5, 5.41) is 10.8. The Morgan fingerprint density at radius 2 is 2.18 bits per heavy atom. The van der Waals surface area contributed by atoms with Crippen molar-refractivity contribution in [1.29, 1.82) is 5.26 Å². The lowest BCUT2D eigenvalue weighted by molar-refractivity contribution is -0.120. The van der Waals surface area contributed by atoms with Gasteiger partial charge in [0.15, 0.2) is 0 Å². The van der Waals surface area contributed by atoms with Gasteiger partial charge in [0.05, 0.1) is 6.07 Å². The molecule has 0 atom stereocenters. The Bertz CT molecular complexity index is 441. The highest BCUT2D eigenvalue weighted by atomic mass is 19.1. The molecule has 1 N–H and O–H groups in total. The van der Waals surface area contributed by atoms with E-state index in [-0.39, 0.29) is 25.3 Å². The number of rotatable bonds is 5. The molecule has 0 unspecified atom stereocenters. The lowest BCUT2D eigenvalue weighted by Gasteiger charge is -2.05. The summed E-state index contributed by atoms with van der Waals surface area (Å²) in [6.07, 6.45) is 0.601. The summed E-state index contributed by atoms with van der Waals surface area (Å²) in [6, 6.07) is 5.20. The lowest BCUT2D eigenvalue weighted by atomic mass is 10.1. The molecule has 17 heavy (non-hydrogen) atoms. The number of benzene rings is 1. The average Bonchev–Trinajstić information content (AvgIpc) is 2.29. The van der Waals surface area contributed by atoms with Gasteiger partial charge < -0.3 is 5.32 Å². The number of nitriles is 1. The molecule has 0 aliphatic rings. The molecule has 0 spiro atoms. The Hall–Kier alpha value is -1.96. The van der Waals surface area contributed by atoms with Gasteiger partial charge in [-0.2, -0.15) is 5.26 Å². The van der Waals surface area contributed by atoms with Gasteiger partial charge in [0.25, 0.3) is 0 Å². The third-order valence-corrected chi connectivity index (χ3v) is 2.20. The first-order valence-electron chi connectivity index (χ1n) is 5.21. The normalized spacial score (nSPS) is 9.71. The number of carbonyl (C=O) groups excluding carboxylic acids is 1. The zero-order chi connectivity index (χ0) is 12.7. The fourth-order valence-corrected chi connectivity index (χ4v) is 1.32. The molecule has 0 fully saturated rings. The molecular weight excluding hydrogens is 226 g/mol. The minimum absolute atomic E-state index is 0.141. The molecule has 0 radical (unpaired) electrons. The highest BCUT2D eigenvalue weighted by Gasteiger charge is 2.04. The van der Waals surface area contributed by atoms with E-state index in [9.17, 15) is 13.6 Å². The second kappa shape index (κ2) is 6.59. The third kappa shape index (κ3) is 4.60. The largest absolute Gasteiger partial charge is 0.356 e. The smallest absolute Gasteiger partial charge is 0.221 e. The number of carbonyl (C=O) groups is 1. The molecule has 0 bridgehead atoms. The van der Waals surface area contributed by atoms with Crippen molar-refractivity contribution in [1.82, 2.24) is 5.32 Å². The highest BCUT2D eigenvalue weighted by molar-refractivity contribution is 5.76. The van der Waals surface area contributed by atoms with Crippen LogP contribution in [0.25, 0.3) is 0 Å². The number of nitrogens with zero attached hydrogens (tertiary/aromatic N) is 1. The van der Waals surface area contributed by atoms with Crippen LogP contribution in [0, 0.1) is 23.0 Å². The van der Waals surface area contributed by atoms with Crippen LogP contribution in [-0.2, 0) is 11.2 Å². The summed E-state index contributed by atoms with van der Waals surface area (Å²) in [7, 11) is 0. The Balaban J connectivity index is 2.36. The van der Waals surface area contributed by atoms with Crippen LogP contribution in [0.3, 0.4) is 0 Å². The molecular formula is C12H12F2N2O. The molecule has 0 aliphatic carbocycles. The van der Waals surface area contributed by atoms with Crippen molar-refractivity contribution in [3.8, 4) is 6.07 Å². The van der Waals surface area contributed by atoms with Crippen LogP contribution >= 0.6 is 0 Å². The topological polar surface area (TPSA) is 52.9 Å². The van der Waals surface area contributed by atoms with Gasteiger partial charge in [0, 0.05) is 25.5 Å². The quantitative estimate of drug-likeness (QED) is 0.852. The van der Waals surface area contributed by atoms with Crippen molar-refractivity contribution in [2.24, 2.45) is 0 Å². The van der Waals surface area contributed by atoms with Crippen LogP contribution in [0.4, 0.5) is 8.78 Å². The third-order valence-electron chi connectivity index (χ3n) is 2.20. The molecule has 0 saturated heterocycles. The van der Waals surface area contributed by atoms with Gasteiger partial charge in [-0.15, -0.1) is 0 Å². The van der Waals surface area contributed by atoms with E-state index in [0.717, 1.165) is 6.07 Å². The molecule has 0 aromatic heterocycles. The average molecular weight is 238 g/mol. The lowest BCUT2D eigenvalue weighted by Crippen LogP contribution is -2.25. The number of amides is 1.